The van der Waals surface area contributed by atoms with Gasteiger partial charge in [0.25, 0.3) is 5.91 Å². The number of methoxy groups -OCH3 is 1. The number of carbonyl (C=O) groups is 1. The average molecular weight is 447 g/mol. The summed E-state index contributed by atoms with van der Waals surface area (Å²) in [6, 6.07) is 13.4. The third kappa shape index (κ3) is 4.51. The Morgan fingerprint density at radius 2 is 2.09 bits per heavy atom. The van der Waals surface area contributed by atoms with E-state index in [9.17, 15) is 9.90 Å². The Hall–Kier alpha value is -3.16. The minimum absolute atomic E-state index is 0.111. The van der Waals surface area contributed by atoms with Crippen LogP contribution in [0.5, 0.6) is 5.75 Å². The summed E-state index contributed by atoms with van der Waals surface area (Å²) in [4.78, 5) is 17.2. The molecule has 0 aliphatic carbocycles. The SMILES string of the molecule is COc1ccc2c(c1)CN[C@H](C(O)CNC(=O)c1ccc(-c3ncc4n3CCCC4)cc1)C2. The molecule has 2 aliphatic heterocycles. The molecule has 1 aromatic heterocycles. The lowest BCUT2D eigenvalue weighted by atomic mass is 9.92. The average Bonchev–Trinajstić information content (AvgIpc) is 3.30. The molecule has 3 N–H and O–H groups in total. The molecule has 2 atom stereocenters. The van der Waals surface area contributed by atoms with Crippen molar-refractivity contribution in [3.05, 3.63) is 71.0 Å². The van der Waals surface area contributed by atoms with E-state index in [-0.39, 0.29) is 18.5 Å². The van der Waals surface area contributed by atoms with Crippen molar-refractivity contribution in [3.8, 4) is 17.1 Å². The van der Waals surface area contributed by atoms with Crippen molar-refractivity contribution in [2.24, 2.45) is 0 Å². The molecule has 5 rings (SSSR count). The van der Waals surface area contributed by atoms with Gasteiger partial charge in [0, 0.05) is 48.7 Å². The van der Waals surface area contributed by atoms with Crippen LogP contribution in [0.4, 0.5) is 0 Å². The molecule has 1 amide bonds. The fraction of sp³-hybridized carbons (Fsp3) is 0.385. The van der Waals surface area contributed by atoms with Crippen LogP contribution in [-0.4, -0.2) is 46.4 Å². The Morgan fingerprint density at radius 3 is 2.91 bits per heavy atom. The maximum Gasteiger partial charge on any atom is 0.251 e. The second-order valence-corrected chi connectivity index (χ2v) is 8.86. The molecule has 33 heavy (non-hydrogen) atoms. The van der Waals surface area contributed by atoms with Gasteiger partial charge < -0.3 is 25.0 Å². The van der Waals surface area contributed by atoms with Gasteiger partial charge in [-0.3, -0.25) is 4.79 Å². The van der Waals surface area contributed by atoms with Crippen LogP contribution in [0.2, 0.25) is 0 Å². The standard InChI is InChI=1S/C26H30N4O3/c1-33-22-10-9-19-13-23(27-14-20(19)12-22)24(31)16-29-26(32)18-7-5-17(6-8-18)25-28-15-21-4-2-3-11-30(21)25/h5-10,12,15,23-24,27,31H,2-4,11,13-14,16H2,1H3,(H,29,32)/t23-,24?/m0/s1. The first-order valence-electron chi connectivity index (χ1n) is 11.6. The minimum atomic E-state index is -0.681. The number of fused-ring (bicyclic) bond motifs is 2. The van der Waals surface area contributed by atoms with E-state index in [0.29, 0.717) is 18.5 Å². The molecule has 0 fully saturated rings. The fourth-order valence-electron chi connectivity index (χ4n) is 4.79. The van der Waals surface area contributed by atoms with E-state index in [0.717, 1.165) is 30.1 Å². The Kier molecular flexibility index (Phi) is 6.15. The van der Waals surface area contributed by atoms with E-state index < -0.39 is 6.10 Å². The van der Waals surface area contributed by atoms with Crippen LogP contribution in [0, 0.1) is 0 Å². The number of amides is 1. The number of aryl methyl sites for hydroxylation is 1. The number of hydrogen-bond donors (Lipinski definition) is 3. The van der Waals surface area contributed by atoms with E-state index in [1.807, 2.05) is 48.7 Å². The molecule has 3 aromatic rings. The summed E-state index contributed by atoms with van der Waals surface area (Å²) in [5.74, 6) is 1.61. The molecular formula is C26H30N4O3. The number of imidazole rings is 1. The van der Waals surface area contributed by atoms with Crippen molar-refractivity contribution in [1.29, 1.82) is 0 Å². The van der Waals surface area contributed by atoms with Gasteiger partial charge in [-0.2, -0.15) is 0 Å². The summed E-state index contributed by atoms with van der Waals surface area (Å²) >= 11 is 0. The maximum absolute atomic E-state index is 12.7. The number of benzene rings is 2. The predicted molar refractivity (Wildman–Crippen MR) is 126 cm³/mol. The number of nitrogens with zero attached hydrogens (tertiary/aromatic N) is 2. The maximum atomic E-state index is 12.7. The first-order chi connectivity index (χ1) is 16.1. The molecule has 2 aliphatic rings. The molecule has 0 radical (unpaired) electrons. The zero-order valence-electron chi connectivity index (χ0n) is 18.9. The van der Waals surface area contributed by atoms with Gasteiger partial charge in [-0.1, -0.05) is 18.2 Å². The zero-order valence-corrected chi connectivity index (χ0v) is 18.9. The van der Waals surface area contributed by atoms with E-state index in [1.54, 1.807) is 7.11 Å². The number of ether oxygens (including phenoxy) is 1. The van der Waals surface area contributed by atoms with Gasteiger partial charge in [0.2, 0.25) is 0 Å². The van der Waals surface area contributed by atoms with Crippen molar-refractivity contribution in [2.75, 3.05) is 13.7 Å². The highest BCUT2D eigenvalue weighted by molar-refractivity contribution is 5.94. The number of aromatic nitrogens is 2. The predicted octanol–water partition coefficient (Wildman–Crippen LogP) is 2.70. The quantitative estimate of drug-likeness (QED) is 0.542. The van der Waals surface area contributed by atoms with Crippen LogP contribution in [0.3, 0.4) is 0 Å². The van der Waals surface area contributed by atoms with Crippen molar-refractivity contribution in [3.63, 3.8) is 0 Å². The lowest BCUT2D eigenvalue weighted by Crippen LogP contribution is -2.49. The number of hydrogen-bond acceptors (Lipinski definition) is 5. The van der Waals surface area contributed by atoms with E-state index in [4.69, 9.17) is 4.74 Å². The van der Waals surface area contributed by atoms with Crippen molar-refractivity contribution in [1.82, 2.24) is 20.2 Å². The number of aliphatic hydroxyl groups excluding tert-OH is 1. The molecule has 1 unspecified atom stereocenters. The van der Waals surface area contributed by atoms with Crippen LogP contribution in [0.15, 0.2) is 48.7 Å². The van der Waals surface area contributed by atoms with Crippen molar-refractivity contribution in [2.45, 2.75) is 50.9 Å². The lowest BCUT2D eigenvalue weighted by molar-refractivity contribution is 0.0870. The van der Waals surface area contributed by atoms with E-state index in [1.165, 1.54) is 29.7 Å². The molecule has 2 aromatic carbocycles. The third-order valence-corrected chi connectivity index (χ3v) is 6.75. The van der Waals surface area contributed by atoms with Gasteiger partial charge >= 0.3 is 0 Å². The molecule has 7 heteroatoms. The largest absolute Gasteiger partial charge is 0.497 e. The van der Waals surface area contributed by atoms with E-state index >= 15 is 0 Å². The van der Waals surface area contributed by atoms with Gasteiger partial charge in [0.15, 0.2) is 0 Å². The Bertz CT molecular complexity index is 1140. The molecule has 3 heterocycles. The second kappa shape index (κ2) is 9.37. The van der Waals surface area contributed by atoms with E-state index in [2.05, 4.69) is 20.2 Å². The highest BCUT2D eigenvalue weighted by Crippen LogP contribution is 2.25. The van der Waals surface area contributed by atoms with Crippen LogP contribution >= 0.6 is 0 Å². The first kappa shape index (κ1) is 21.7. The van der Waals surface area contributed by atoms with Gasteiger partial charge in [0.1, 0.15) is 11.6 Å². The van der Waals surface area contributed by atoms with Crippen LogP contribution < -0.4 is 15.4 Å². The number of nitrogens with one attached hydrogen (secondary N) is 2. The molecule has 0 spiro atoms. The zero-order chi connectivity index (χ0) is 22.8. The molecule has 0 saturated heterocycles. The molecule has 172 valence electrons. The highest BCUT2D eigenvalue weighted by atomic mass is 16.5. The summed E-state index contributed by atoms with van der Waals surface area (Å²) < 4.78 is 7.56. The highest BCUT2D eigenvalue weighted by Gasteiger charge is 2.25. The topological polar surface area (TPSA) is 88.4 Å². The Labute approximate surface area is 193 Å². The monoisotopic (exact) mass is 446 g/mol. The Morgan fingerprint density at radius 1 is 1.24 bits per heavy atom. The Balaban J connectivity index is 1.17. The lowest BCUT2D eigenvalue weighted by Gasteiger charge is -2.30. The normalized spacial score (nSPS) is 18.2. The summed E-state index contributed by atoms with van der Waals surface area (Å²) in [5.41, 5.74) is 5.25. The molecular weight excluding hydrogens is 416 g/mol. The molecule has 7 nitrogen and oxygen atoms in total. The summed E-state index contributed by atoms with van der Waals surface area (Å²) in [5, 5.41) is 16.9. The van der Waals surface area contributed by atoms with Crippen molar-refractivity contribution < 1.29 is 14.6 Å². The van der Waals surface area contributed by atoms with Gasteiger partial charge in [0.05, 0.1) is 13.2 Å². The fourth-order valence-corrected chi connectivity index (χ4v) is 4.79. The van der Waals surface area contributed by atoms with Gasteiger partial charge in [-0.15, -0.1) is 0 Å². The summed E-state index contributed by atoms with van der Waals surface area (Å²) in [7, 11) is 1.66. The number of aliphatic hydroxyl groups is 1. The van der Waals surface area contributed by atoms with Gasteiger partial charge in [-0.25, -0.2) is 4.98 Å². The number of carbonyl (C=O) groups excluding carboxylic acids is 1. The van der Waals surface area contributed by atoms with Crippen LogP contribution in [-0.2, 0) is 25.9 Å². The van der Waals surface area contributed by atoms with Crippen molar-refractivity contribution >= 4 is 5.91 Å². The molecule has 0 bridgehead atoms. The molecule has 0 saturated carbocycles. The van der Waals surface area contributed by atoms with Gasteiger partial charge in [-0.05, 0) is 61.1 Å². The van der Waals surface area contributed by atoms with Crippen LogP contribution in [0.25, 0.3) is 11.4 Å². The second-order valence-electron chi connectivity index (χ2n) is 8.86. The number of rotatable bonds is 6. The minimum Gasteiger partial charge on any atom is -0.497 e. The summed E-state index contributed by atoms with van der Waals surface area (Å²) in [6.07, 6.45) is 5.46. The third-order valence-electron chi connectivity index (χ3n) is 6.75. The first-order valence-corrected chi connectivity index (χ1v) is 11.6. The van der Waals surface area contributed by atoms with Crippen LogP contribution in [0.1, 0.15) is 40.0 Å². The summed E-state index contributed by atoms with van der Waals surface area (Å²) in [6.45, 7) is 1.86. The smallest absolute Gasteiger partial charge is 0.251 e.